The predicted molar refractivity (Wildman–Crippen MR) is 53.6 cm³/mol. The van der Waals surface area contributed by atoms with E-state index in [1.807, 2.05) is 0 Å². The van der Waals surface area contributed by atoms with Crippen molar-refractivity contribution in [1.82, 2.24) is 5.06 Å². The van der Waals surface area contributed by atoms with Gasteiger partial charge in [-0.3, -0.25) is 9.59 Å². The Balaban J connectivity index is 2.15. The smallest absolute Gasteiger partial charge is 0.326 e. The number of fused-ring (bicyclic) bond motifs is 1. The standard InChI is InChI=1S/C11H13NO4/c1-2-9(13)16-12-10(14)7-5-3-4-6-8(7)11(12)15/h2,7-8H,1,3-6H2. The van der Waals surface area contributed by atoms with Gasteiger partial charge in [0.2, 0.25) is 0 Å². The Labute approximate surface area is 93.0 Å². The molecule has 0 aromatic carbocycles. The summed E-state index contributed by atoms with van der Waals surface area (Å²) in [5.41, 5.74) is 0. The van der Waals surface area contributed by atoms with Crippen LogP contribution >= 0.6 is 0 Å². The molecule has 2 rings (SSSR count). The first-order valence-corrected chi connectivity index (χ1v) is 5.37. The third-order valence-electron chi connectivity index (χ3n) is 3.15. The van der Waals surface area contributed by atoms with Gasteiger partial charge >= 0.3 is 5.97 Å². The molecule has 1 saturated carbocycles. The Bertz CT molecular complexity index is 339. The fourth-order valence-corrected chi connectivity index (χ4v) is 2.35. The maximum Gasteiger partial charge on any atom is 0.356 e. The molecule has 5 heteroatoms. The topological polar surface area (TPSA) is 63.7 Å². The largest absolute Gasteiger partial charge is 0.356 e. The van der Waals surface area contributed by atoms with E-state index in [-0.39, 0.29) is 23.7 Å². The molecular formula is C11H13NO4. The fourth-order valence-electron chi connectivity index (χ4n) is 2.35. The van der Waals surface area contributed by atoms with Crippen molar-refractivity contribution in [3.63, 3.8) is 0 Å². The van der Waals surface area contributed by atoms with Gasteiger partial charge in [-0.1, -0.05) is 19.4 Å². The zero-order valence-electron chi connectivity index (χ0n) is 8.85. The molecule has 1 aliphatic carbocycles. The van der Waals surface area contributed by atoms with Crippen molar-refractivity contribution in [3.05, 3.63) is 12.7 Å². The molecule has 1 saturated heterocycles. The summed E-state index contributed by atoms with van der Waals surface area (Å²) in [6.45, 7) is 3.22. The molecule has 2 amide bonds. The van der Waals surface area contributed by atoms with E-state index in [0.29, 0.717) is 17.9 Å². The molecule has 0 aromatic rings. The molecule has 2 atom stereocenters. The summed E-state index contributed by atoms with van der Waals surface area (Å²) >= 11 is 0. The average molecular weight is 223 g/mol. The highest BCUT2D eigenvalue weighted by Gasteiger charge is 2.50. The molecule has 0 aromatic heterocycles. The summed E-state index contributed by atoms with van der Waals surface area (Å²) < 4.78 is 0. The minimum absolute atomic E-state index is 0.293. The lowest BCUT2D eigenvalue weighted by molar-refractivity contribution is -0.194. The van der Waals surface area contributed by atoms with Crippen LogP contribution in [0.15, 0.2) is 12.7 Å². The van der Waals surface area contributed by atoms with Crippen LogP contribution in [0.4, 0.5) is 0 Å². The molecular weight excluding hydrogens is 210 g/mol. The van der Waals surface area contributed by atoms with Crippen molar-refractivity contribution in [2.75, 3.05) is 0 Å². The Morgan fingerprint density at radius 3 is 2.19 bits per heavy atom. The average Bonchev–Trinajstić information content (AvgIpc) is 2.55. The van der Waals surface area contributed by atoms with Crippen LogP contribution in [0.2, 0.25) is 0 Å². The predicted octanol–water partition coefficient (Wildman–Crippen LogP) is 0.806. The quantitative estimate of drug-likeness (QED) is 0.513. The highest BCUT2D eigenvalue weighted by molar-refractivity contribution is 6.05. The first kappa shape index (κ1) is 10.9. The third-order valence-corrected chi connectivity index (χ3v) is 3.15. The summed E-state index contributed by atoms with van der Waals surface area (Å²) in [6, 6.07) is 0. The highest BCUT2D eigenvalue weighted by atomic mass is 16.7. The van der Waals surface area contributed by atoms with Crippen LogP contribution in [0.3, 0.4) is 0 Å². The SMILES string of the molecule is C=CC(=O)ON1C(=O)C2CCCCC2C1=O. The van der Waals surface area contributed by atoms with E-state index < -0.39 is 5.97 Å². The van der Waals surface area contributed by atoms with Crippen LogP contribution in [-0.4, -0.2) is 22.8 Å². The van der Waals surface area contributed by atoms with Gasteiger partial charge in [-0.2, -0.15) is 0 Å². The van der Waals surface area contributed by atoms with E-state index in [0.717, 1.165) is 18.9 Å². The summed E-state index contributed by atoms with van der Waals surface area (Å²) in [5.74, 6) is -2.13. The van der Waals surface area contributed by atoms with Crippen LogP contribution < -0.4 is 0 Å². The van der Waals surface area contributed by atoms with Crippen molar-refractivity contribution in [3.8, 4) is 0 Å². The second-order valence-corrected chi connectivity index (χ2v) is 4.08. The molecule has 86 valence electrons. The molecule has 5 nitrogen and oxygen atoms in total. The molecule has 2 fully saturated rings. The zero-order chi connectivity index (χ0) is 11.7. The van der Waals surface area contributed by atoms with Gasteiger partial charge in [0.05, 0.1) is 11.8 Å². The normalized spacial score (nSPS) is 28.9. The molecule has 0 N–H and O–H groups in total. The van der Waals surface area contributed by atoms with Crippen molar-refractivity contribution in [2.24, 2.45) is 11.8 Å². The molecule has 0 radical (unpaired) electrons. The third kappa shape index (κ3) is 1.62. The number of hydrogen-bond donors (Lipinski definition) is 0. The summed E-state index contributed by atoms with van der Waals surface area (Å²) in [7, 11) is 0. The minimum Gasteiger partial charge on any atom is -0.326 e. The number of hydrogen-bond acceptors (Lipinski definition) is 4. The number of hydroxylamine groups is 2. The number of carbonyl (C=O) groups excluding carboxylic acids is 3. The Hall–Kier alpha value is -1.65. The number of rotatable bonds is 2. The fraction of sp³-hybridized carbons (Fsp3) is 0.545. The molecule has 1 heterocycles. The second-order valence-electron chi connectivity index (χ2n) is 4.08. The van der Waals surface area contributed by atoms with Crippen molar-refractivity contribution in [1.29, 1.82) is 0 Å². The molecule has 2 unspecified atom stereocenters. The van der Waals surface area contributed by atoms with Crippen molar-refractivity contribution >= 4 is 17.8 Å². The molecule has 2 aliphatic rings. The molecule has 0 spiro atoms. The first-order chi connectivity index (χ1) is 7.65. The van der Waals surface area contributed by atoms with E-state index in [1.165, 1.54) is 0 Å². The van der Waals surface area contributed by atoms with Gasteiger partial charge in [-0.15, -0.1) is 5.06 Å². The number of amides is 2. The van der Waals surface area contributed by atoms with Crippen molar-refractivity contribution < 1.29 is 19.2 Å². The van der Waals surface area contributed by atoms with E-state index in [1.54, 1.807) is 0 Å². The number of nitrogens with zero attached hydrogens (tertiary/aromatic N) is 1. The number of carbonyl (C=O) groups is 3. The van der Waals surface area contributed by atoms with E-state index in [9.17, 15) is 14.4 Å². The van der Waals surface area contributed by atoms with E-state index >= 15 is 0 Å². The van der Waals surface area contributed by atoms with Gasteiger partial charge in [0, 0.05) is 6.08 Å². The van der Waals surface area contributed by atoms with Gasteiger partial charge in [0.25, 0.3) is 11.8 Å². The summed E-state index contributed by atoms with van der Waals surface area (Å²) in [6.07, 6.45) is 4.24. The lowest BCUT2D eigenvalue weighted by Gasteiger charge is -2.19. The summed E-state index contributed by atoms with van der Waals surface area (Å²) in [4.78, 5) is 39.2. The van der Waals surface area contributed by atoms with Gasteiger partial charge in [0.15, 0.2) is 0 Å². The molecule has 0 bridgehead atoms. The maximum atomic E-state index is 11.8. The first-order valence-electron chi connectivity index (χ1n) is 5.37. The lowest BCUT2D eigenvalue weighted by Crippen LogP contribution is -2.33. The Morgan fingerprint density at radius 2 is 1.75 bits per heavy atom. The van der Waals surface area contributed by atoms with Crippen LogP contribution in [0.5, 0.6) is 0 Å². The van der Waals surface area contributed by atoms with E-state index in [2.05, 4.69) is 11.4 Å². The second kappa shape index (κ2) is 4.08. The highest BCUT2D eigenvalue weighted by Crippen LogP contribution is 2.38. The minimum atomic E-state index is -0.777. The maximum absolute atomic E-state index is 11.8. The monoisotopic (exact) mass is 223 g/mol. The van der Waals surface area contributed by atoms with Crippen LogP contribution in [-0.2, 0) is 19.2 Å². The van der Waals surface area contributed by atoms with Gasteiger partial charge in [-0.05, 0) is 12.8 Å². The van der Waals surface area contributed by atoms with Gasteiger partial charge < -0.3 is 4.84 Å². The van der Waals surface area contributed by atoms with Gasteiger partial charge in [0.1, 0.15) is 0 Å². The van der Waals surface area contributed by atoms with Crippen molar-refractivity contribution in [2.45, 2.75) is 25.7 Å². The zero-order valence-corrected chi connectivity index (χ0v) is 8.85. The Morgan fingerprint density at radius 1 is 1.25 bits per heavy atom. The molecule has 16 heavy (non-hydrogen) atoms. The summed E-state index contributed by atoms with van der Waals surface area (Å²) in [5, 5.41) is 0.616. The van der Waals surface area contributed by atoms with Crippen LogP contribution in [0.25, 0.3) is 0 Å². The lowest BCUT2D eigenvalue weighted by atomic mass is 9.81. The van der Waals surface area contributed by atoms with Crippen LogP contribution in [0, 0.1) is 11.8 Å². The Kier molecular flexibility index (Phi) is 2.77. The molecule has 1 aliphatic heterocycles. The number of imide groups is 1. The van der Waals surface area contributed by atoms with Crippen LogP contribution in [0.1, 0.15) is 25.7 Å². The van der Waals surface area contributed by atoms with Gasteiger partial charge in [-0.25, -0.2) is 4.79 Å². The van der Waals surface area contributed by atoms with E-state index in [4.69, 9.17) is 0 Å².